The Hall–Kier alpha value is -1.60. The van der Waals surface area contributed by atoms with Gasteiger partial charge in [-0.2, -0.15) is 0 Å². The molecular weight excluding hydrogens is 525 g/mol. The summed E-state index contributed by atoms with van der Waals surface area (Å²) < 4.78 is 0.968. The van der Waals surface area contributed by atoms with E-state index in [9.17, 15) is 9.59 Å². The van der Waals surface area contributed by atoms with Crippen molar-refractivity contribution in [3.8, 4) is 0 Å². The van der Waals surface area contributed by atoms with Crippen LogP contribution in [0.2, 0.25) is 10.0 Å². The standard InChI is InChI=1S/C25H28BrCl2N3O2/c1-31-12-2-3-19(15-31)29-23(32)22(13-16-4-6-17(26)7-5-16)30-24(33)25(10-11-25)20-9-8-18(27)14-21(20)28/h4-9,14,19,22H,2-3,10-13,15H2,1H3,(H,29,32)(H,30,33)/t19?,22-/m0/s1. The van der Waals surface area contributed by atoms with Crippen LogP contribution < -0.4 is 10.6 Å². The number of nitrogens with one attached hydrogen (secondary N) is 2. The molecule has 2 amide bonds. The van der Waals surface area contributed by atoms with Gasteiger partial charge in [0.1, 0.15) is 6.04 Å². The Morgan fingerprint density at radius 1 is 1.18 bits per heavy atom. The molecule has 2 atom stereocenters. The zero-order chi connectivity index (χ0) is 23.6. The van der Waals surface area contributed by atoms with Crippen LogP contribution in [0.15, 0.2) is 46.9 Å². The van der Waals surface area contributed by atoms with Crippen molar-refractivity contribution in [2.75, 3.05) is 20.1 Å². The van der Waals surface area contributed by atoms with Gasteiger partial charge in [-0.3, -0.25) is 9.59 Å². The molecule has 2 aromatic carbocycles. The number of amides is 2. The number of nitrogens with zero attached hydrogens (tertiary/aromatic N) is 1. The molecule has 0 spiro atoms. The molecule has 0 aromatic heterocycles. The highest BCUT2D eigenvalue weighted by molar-refractivity contribution is 9.10. The van der Waals surface area contributed by atoms with Gasteiger partial charge in [0, 0.05) is 33.5 Å². The van der Waals surface area contributed by atoms with Crippen LogP contribution in [0.4, 0.5) is 0 Å². The van der Waals surface area contributed by atoms with E-state index in [2.05, 4.69) is 38.5 Å². The number of likely N-dealkylation sites (tertiary alicyclic amines) is 1. The predicted octanol–water partition coefficient (Wildman–Crippen LogP) is 4.73. The first-order chi connectivity index (χ1) is 15.8. The van der Waals surface area contributed by atoms with Gasteiger partial charge in [-0.25, -0.2) is 0 Å². The first-order valence-electron chi connectivity index (χ1n) is 11.3. The Kier molecular flexibility index (Phi) is 7.69. The van der Waals surface area contributed by atoms with E-state index >= 15 is 0 Å². The largest absolute Gasteiger partial charge is 0.350 e. The molecule has 0 radical (unpaired) electrons. The third kappa shape index (κ3) is 5.91. The minimum atomic E-state index is -0.703. The van der Waals surface area contributed by atoms with Crippen LogP contribution in [-0.2, 0) is 21.4 Å². The Morgan fingerprint density at radius 2 is 1.91 bits per heavy atom. The summed E-state index contributed by atoms with van der Waals surface area (Å²) in [6.45, 7) is 1.85. The molecule has 8 heteroatoms. The molecule has 1 unspecified atom stereocenters. The number of hydrogen-bond donors (Lipinski definition) is 2. The van der Waals surface area contributed by atoms with E-state index in [-0.39, 0.29) is 17.9 Å². The topological polar surface area (TPSA) is 61.4 Å². The molecule has 2 aromatic rings. The Labute approximate surface area is 213 Å². The number of carbonyl (C=O) groups is 2. The van der Waals surface area contributed by atoms with Gasteiger partial charge in [-0.1, -0.05) is 57.3 Å². The van der Waals surface area contributed by atoms with Crippen molar-refractivity contribution >= 4 is 50.9 Å². The average molecular weight is 553 g/mol. The summed E-state index contributed by atoms with van der Waals surface area (Å²) >= 11 is 15.9. The quantitative estimate of drug-likeness (QED) is 0.522. The number of rotatable bonds is 7. The summed E-state index contributed by atoms with van der Waals surface area (Å²) in [6.07, 6.45) is 3.79. The minimum absolute atomic E-state index is 0.0844. The normalized spacial score (nSPS) is 20.7. The average Bonchev–Trinajstić information content (AvgIpc) is 3.56. The Bertz CT molecular complexity index is 1030. The number of benzene rings is 2. The van der Waals surface area contributed by atoms with Crippen LogP contribution >= 0.6 is 39.1 Å². The lowest BCUT2D eigenvalue weighted by molar-refractivity contribution is -0.130. The summed E-state index contributed by atoms with van der Waals surface area (Å²) in [6, 6.07) is 12.5. The summed E-state index contributed by atoms with van der Waals surface area (Å²) in [5, 5.41) is 7.24. The van der Waals surface area contributed by atoms with Crippen molar-refractivity contribution in [3.63, 3.8) is 0 Å². The molecule has 1 saturated carbocycles. The molecule has 176 valence electrons. The van der Waals surface area contributed by atoms with Gasteiger partial charge in [-0.15, -0.1) is 0 Å². The Balaban J connectivity index is 1.52. The molecule has 1 aliphatic heterocycles. The van der Waals surface area contributed by atoms with Crippen LogP contribution in [0, 0.1) is 0 Å². The molecule has 1 saturated heterocycles. The summed E-state index contributed by atoms with van der Waals surface area (Å²) in [4.78, 5) is 29.0. The van der Waals surface area contributed by atoms with Gasteiger partial charge in [0.2, 0.25) is 11.8 Å². The van der Waals surface area contributed by atoms with E-state index in [1.165, 1.54) is 0 Å². The SMILES string of the molecule is CN1CCCC(NC(=O)[C@H](Cc2ccc(Br)cc2)NC(=O)C2(c3ccc(Cl)cc3Cl)CC2)C1. The smallest absolute Gasteiger partial charge is 0.243 e. The third-order valence-electron chi connectivity index (χ3n) is 6.58. The van der Waals surface area contributed by atoms with Crippen molar-refractivity contribution < 1.29 is 9.59 Å². The molecule has 4 rings (SSSR count). The fraction of sp³-hybridized carbons (Fsp3) is 0.440. The fourth-order valence-electron chi connectivity index (χ4n) is 4.57. The highest BCUT2D eigenvalue weighted by Gasteiger charge is 2.53. The summed E-state index contributed by atoms with van der Waals surface area (Å²) in [5.74, 6) is -0.311. The van der Waals surface area contributed by atoms with Crippen LogP contribution in [0.1, 0.15) is 36.8 Å². The molecule has 33 heavy (non-hydrogen) atoms. The maximum atomic E-state index is 13.5. The van der Waals surface area contributed by atoms with Crippen molar-refractivity contribution in [2.45, 2.75) is 49.6 Å². The molecule has 1 heterocycles. The van der Waals surface area contributed by atoms with Gasteiger partial charge >= 0.3 is 0 Å². The van der Waals surface area contributed by atoms with Gasteiger partial charge < -0.3 is 15.5 Å². The minimum Gasteiger partial charge on any atom is -0.350 e. The highest BCUT2D eigenvalue weighted by atomic mass is 79.9. The monoisotopic (exact) mass is 551 g/mol. The van der Waals surface area contributed by atoms with Gasteiger partial charge in [0.05, 0.1) is 5.41 Å². The number of carbonyl (C=O) groups excluding carboxylic acids is 2. The second kappa shape index (κ2) is 10.3. The van der Waals surface area contributed by atoms with Gasteiger partial charge in [0.25, 0.3) is 0 Å². The molecule has 2 fully saturated rings. The van der Waals surface area contributed by atoms with Crippen molar-refractivity contribution in [3.05, 3.63) is 68.1 Å². The van der Waals surface area contributed by atoms with E-state index < -0.39 is 11.5 Å². The molecule has 0 bridgehead atoms. The number of hydrogen-bond acceptors (Lipinski definition) is 3. The second-order valence-electron chi connectivity index (χ2n) is 9.17. The molecule has 1 aliphatic carbocycles. The van der Waals surface area contributed by atoms with Crippen LogP contribution in [0.5, 0.6) is 0 Å². The van der Waals surface area contributed by atoms with E-state index in [0.717, 1.165) is 41.5 Å². The molecule has 2 aliphatic rings. The number of likely N-dealkylation sites (N-methyl/N-ethyl adjacent to an activating group) is 1. The van der Waals surface area contributed by atoms with Gasteiger partial charge in [-0.05, 0) is 74.7 Å². The van der Waals surface area contributed by atoms with Crippen LogP contribution in [0.25, 0.3) is 0 Å². The highest BCUT2D eigenvalue weighted by Crippen LogP contribution is 2.51. The zero-order valence-electron chi connectivity index (χ0n) is 18.5. The van der Waals surface area contributed by atoms with Gasteiger partial charge in [0.15, 0.2) is 0 Å². The predicted molar refractivity (Wildman–Crippen MR) is 136 cm³/mol. The zero-order valence-corrected chi connectivity index (χ0v) is 21.6. The van der Waals surface area contributed by atoms with Crippen molar-refractivity contribution in [1.29, 1.82) is 0 Å². The number of piperidine rings is 1. The van der Waals surface area contributed by atoms with Crippen LogP contribution in [0.3, 0.4) is 0 Å². The lowest BCUT2D eigenvalue weighted by Gasteiger charge is -2.32. The fourth-order valence-corrected chi connectivity index (χ4v) is 5.42. The molecule has 2 N–H and O–H groups in total. The third-order valence-corrected chi connectivity index (χ3v) is 7.65. The van der Waals surface area contributed by atoms with Crippen LogP contribution in [-0.4, -0.2) is 48.9 Å². The van der Waals surface area contributed by atoms with E-state index in [1.807, 2.05) is 30.3 Å². The lowest BCUT2D eigenvalue weighted by Crippen LogP contribution is -2.55. The number of halogens is 3. The molecule has 5 nitrogen and oxygen atoms in total. The maximum absolute atomic E-state index is 13.5. The second-order valence-corrected chi connectivity index (χ2v) is 10.9. The maximum Gasteiger partial charge on any atom is 0.243 e. The first kappa shape index (κ1) is 24.5. The lowest BCUT2D eigenvalue weighted by atomic mass is 9.93. The summed E-state index contributed by atoms with van der Waals surface area (Å²) in [5.41, 5.74) is 1.04. The van der Waals surface area contributed by atoms with E-state index in [0.29, 0.717) is 29.3 Å². The van der Waals surface area contributed by atoms with Crippen molar-refractivity contribution in [1.82, 2.24) is 15.5 Å². The first-order valence-corrected chi connectivity index (χ1v) is 12.8. The Morgan fingerprint density at radius 3 is 2.55 bits per heavy atom. The van der Waals surface area contributed by atoms with E-state index in [4.69, 9.17) is 23.2 Å². The van der Waals surface area contributed by atoms with E-state index in [1.54, 1.807) is 12.1 Å². The summed E-state index contributed by atoms with van der Waals surface area (Å²) in [7, 11) is 2.06. The molecular formula is C25H28BrCl2N3O2. The van der Waals surface area contributed by atoms with Crippen molar-refractivity contribution in [2.24, 2.45) is 0 Å².